The van der Waals surface area contributed by atoms with Crippen LogP contribution in [0.2, 0.25) is 0 Å². The van der Waals surface area contributed by atoms with Crippen LogP contribution in [0.25, 0.3) is 0 Å². The molecule has 172 valence electrons. The number of ether oxygens (including phenoxy) is 2. The van der Waals surface area contributed by atoms with Crippen molar-refractivity contribution in [3.63, 3.8) is 0 Å². The number of fused-ring (bicyclic) bond motifs is 1. The number of likely N-dealkylation sites (tertiary alicyclic amines) is 1. The van der Waals surface area contributed by atoms with E-state index >= 15 is 0 Å². The highest BCUT2D eigenvalue weighted by Gasteiger charge is 2.27. The molecule has 0 saturated carbocycles. The molecule has 1 atom stereocenters. The number of nitrogens with one attached hydrogen (secondary N) is 1. The van der Waals surface area contributed by atoms with Crippen LogP contribution in [0.15, 0.2) is 46.9 Å². The first-order valence-corrected chi connectivity index (χ1v) is 11.9. The van der Waals surface area contributed by atoms with Crippen molar-refractivity contribution in [2.75, 3.05) is 31.5 Å². The van der Waals surface area contributed by atoms with Gasteiger partial charge >= 0.3 is 0 Å². The lowest BCUT2D eigenvalue weighted by Gasteiger charge is -2.34. The Labute approximate surface area is 188 Å². The van der Waals surface area contributed by atoms with E-state index in [4.69, 9.17) is 15.2 Å². The van der Waals surface area contributed by atoms with E-state index in [1.807, 2.05) is 29.2 Å². The number of amidine groups is 1. The van der Waals surface area contributed by atoms with Crippen molar-refractivity contribution in [1.29, 1.82) is 0 Å². The van der Waals surface area contributed by atoms with Crippen LogP contribution in [-0.4, -0.2) is 52.6 Å². The van der Waals surface area contributed by atoms with E-state index in [0.717, 1.165) is 30.7 Å². The Morgan fingerprint density at radius 3 is 2.81 bits per heavy atom. The fourth-order valence-electron chi connectivity index (χ4n) is 4.02. The number of piperidine rings is 1. The molecule has 9 nitrogen and oxygen atoms in total. The van der Waals surface area contributed by atoms with Gasteiger partial charge in [-0.2, -0.15) is 0 Å². The van der Waals surface area contributed by atoms with Crippen LogP contribution in [0.4, 0.5) is 5.69 Å². The van der Waals surface area contributed by atoms with Gasteiger partial charge in [-0.05, 0) is 53.6 Å². The Hall–Kier alpha value is -2.95. The Morgan fingerprint density at radius 1 is 1.28 bits per heavy atom. The lowest BCUT2D eigenvalue weighted by atomic mass is 9.98. The van der Waals surface area contributed by atoms with Crippen LogP contribution >= 0.6 is 11.0 Å². The van der Waals surface area contributed by atoms with Gasteiger partial charge < -0.3 is 20.1 Å². The van der Waals surface area contributed by atoms with Gasteiger partial charge in [0.1, 0.15) is 11.5 Å². The van der Waals surface area contributed by atoms with E-state index in [-0.39, 0.29) is 17.7 Å². The largest absolute Gasteiger partial charge is 0.497 e. The molecule has 1 saturated heterocycles. The van der Waals surface area contributed by atoms with Crippen molar-refractivity contribution in [1.82, 2.24) is 4.90 Å². The molecule has 0 radical (unpaired) electrons. The van der Waals surface area contributed by atoms with Crippen molar-refractivity contribution in [2.45, 2.75) is 19.3 Å². The second-order valence-electron chi connectivity index (χ2n) is 7.96. The number of nitrogens with two attached hydrogens (primary N) is 1. The second kappa shape index (κ2) is 9.27. The first-order valence-electron chi connectivity index (χ1n) is 10.4. The Balaban J connectivity index is 1.36. The number of carbonyl (C=O) groups excluding carboxylic acids is 1. The summed E-state index contributed by atoms with van der Waals surface area (Å²) in [6, 6.07) is 12.8. The minimum Gasteiger partial charge on any atom is -0.497 e. The molecule has 0 spiro atoms. The van der Waals surface area contributed by atoms with Crippen LogP contribution < -0.4 is 19.9 Å². The van der Waals surface area contributed by atoms with Gasteiger partial charge in [-0.15, -0.1) is 4.40 Å². The third kappa shape index (κ3) is 5.09. The number of anilines is 1. The summed E-state index contributed by atoms with van der Waals surface area (Å²) in [7, 11) is -1.72. The highest BCUT2D eigenvalue weighted by Crippen LogP contribution is 2.46. The fraction of sp³-hybridized carbons (Fsp3) is 0.364. The number of nitrogens with zero attached hydrogens (tertiary/aromatic N) is 2. The summed E-state index contributed by atoms with van der Waals surface area (Å²) < 4.78 is 37.1. The molecule has 0 bridgehead atoms. The first-order chi connectivity index (χ1) is 15.3. The molecule has 2 heterocycles. The van der Waals surface area contributed by atoms with Gasteiger partial charge in [-0.3, -0.25) is 18.6 Å². The van der Waals surface area contributed by atoms with Gasteiger partial charge in [0.25, 0.3) is 0 Å². The predicted molar refractivity (Wildman–Crippen MR) is 125 cm³/mol. The number of methoxy groups -OCH3 is 1. The van der Waals surface area contributed by atoms with E-state index in [0.29, 0.717) is 36.6 Å². The summed E-state index contributed by atoms with van der Waals surface area (Å²) in [5, 5.41) is 0. The highest BCUT2D eigenvalue weighted by atomic mass is 32.3. The summed E-state index contributed by atoms with van der Waals surface area (Å²) in [5.74, 6) is 1.60. The van der Waals surface area contributed by atoms with E-state index in [2.05, 4.69) is 9.12 Å². The lowest BCUT2D eigenvalue weighted by Crippen LogP contribution is -2.42. The fourth-order valence-corrected chi connectivity index (χ4v) is 4.90. The summed E-state index contributed by atoms with van der Waals surface area (Å²) in [5.41, 5.74) is 7.89. The summed E-state index contributed by atoms with van der Waals surface area (Å²) >= 11 is 0. The second-order valence-corrected chi connectivity index (χ2v) is 9.38. The topological polar surface area (TPSA) is 130 Å². The molecular formula is C22H28N4O5S. The molecule has 2 aromatic rings. The zero-order chi connectivity index (χ0) is 22.7. The zero-order valence-electron chi connectivity index (χ0n) is 17.9. The van der Waals surface area contributed by atoms with Gasteiger partial charge in [0.15, 0.2) is 5.84 Å². The highest BCUT2D eigenvalue weighted by molar-refractivity contribution is 8.24. The van der Waals surface area contributed by atoms with Crippen LogP contribution in [0.5, 0.6) is 11.5 Å². The number of benzene rings is 2. The molecule has 2 aliphatic heterocycles. The normalized spacial score (nSPS) is 20.4. The first kappa shape index (κ1) is 22.3. The van der Waals surface area contributed by atoms with E-state index in [1.165, 1.54) is 0 Å². The molecule has 10 heteroatoms. The van der Waals surface area contributed by atoms with Crippen LogP contribution in [0.1, 0.15) is 24.0 Å². The standard InChI is InChI=1S/C22H28N4O5S/c1-30-17-9-7-15(8-10-17)12-20(27)26-11-3-4-16(13-26)14-31-19-6-2-5-18-21(19)22(23)25-32(28,29)24-18/h2,5-10,16,24,28-29H,3-4,11-14H2,1H3,(H2,23,25). The maximum absolute atomic E-state index is 12.8. The molecule has 32 heavy (non-hydrogen) atoms. The summed E-state index contributed by atoms with van der Waals surface area (Å²) in [6.45, 7) is 1.80. The van der Waals surface area contributed by atoms with E-state index in [9.17, 15) is 13.9 Å². The zero-order valence-corrected chi connectivity index (χ0v) is 18.7. The van der Waals surface area contributed by atoms with Crippen LogP contribution in [-0.2, 0) is 11.2 Å². The molecule has 5 N–H and O–H groups in total. The molecule has 1 unspecified atom stereocenters. The molecule has 1 fully saturated rings. The molecule has 2 aromatic carbocycles. The van der Waals surface area contributed by atoms with Crippen LogP contribution in [0, 0.1) is 5.92 Å². The van der Waals surface area contributed by atoms with Crippen molar-refractivity contribution >= 4 is 28.4 Å². The third-order valence-electron chi connectivity index (χ3n) is 5.62. The minimum atomic E-state index is -3.34. The molecule has 2 aliphatic rings. The number of hydrogen-bond donors (Lipinski definition) is 4. The molecule has 0 aromatic heterocycles. The lowest BCUT2D eigenvalue weighted by molar-refractivity contribution is -0.132. The van der Waals surface area contributed by atoms with Gasteiger partial charge in [-0.25, -0.2) is 0 Å². The van der Waals surface area contributed by atoms with Crippen molar-refractivity contribution in [3.8, 4) is 11.5 Å². The predicted octanol–water partition coefficient (Wildman–Crippen LogP) is 3.27. The third-order valence-corrected chi connectivity index (χ3v) is 6.56. The Morgan fingerprint density at radius 2 is 2.06 bits per heavy atom. The quantitative estimate of drug-likeness (QED) is 0.521. The summed E-state index contributed by atoms with van der Waals surface area (Å²) in [4.78, 5) is 14.7. The SMILES string of the molecule is COc1ccc(CC(=O)N2CCCC(COc3cccc4c3C(N)=NS(O)(O)N4)C2)cc1. The maximum atomic E-state index is 12.8. The average Bonchev–Trinajstić information content (AvgIpc) is 2.77. The molecular weight excluding hydrogens is 432 g/mol. The molecule has 1 amide bonds. The summed E-state index contributed by atoms with van der Waals surface area (Å²) in [6.07, 6.45) is 2.24. The van der Waals surface area contributed by atoms with E-state index < -0.39 is 11.0 Å². The van der Waals surface area contributed by atoms with Crippen molar-refractivity contribution < 1.29 is 23.4 Å². The van der Waals surface area contributed by atoms with Crippen molar-refractivity contribution in [2.24, 2.45) is 16.0 Å². The maximum Gasteiger partial charge on any atom is 0.227 e. The van der Waals surface area contributed by atoms with Gasteiger partial charge in [0.2, 0.25) is 5.91 Å². The van der Waals surface area contributed by atoms with Gasteiger partial charge in [-0.1, -0.05) is 18.2 Å². The smallest absolute Gasteiger partial charge is 0.227 e. The minimum absolute atomic E-state index is 0.0225. The van der Waals surface area contributed by atoms with Crippen molar-refractivity contribution in [3.05, 3.63) is 53.6 Å². The Kier molecular flexibility index (Phi) is 6.45. The Bertz CT molecular complexity index is 1010. The van der Waals surface area contributed by atoms with E-state index in [1.54, 1.807) is 25.3 Å². The number of rotatable bonds is 6. The number of hydrogen-bond acceptors (Lipinski definition) is 8. The van der Waals surface area contributed by atoms with Gasteiger partial charge in [0.05, 0.1) is 31.4 Å². The van der Waals surface area contributed by atoms with Gasteiger partial charge in [0, 0.05) is 19.0 Å². The number of carbonyl (C=O) groups is 1. The number of amides is 1. The molecule has 0 aliphatic carbocycles. The molecule has 4 rings (SSSR count). The average molecular weight is 461 g/mol. The van der Waals surface area contributed by atoms with Crippen LogP contribution in [0.3, 0.4) is 0 Å². The monoisotopic (exact) mass is 460 g/mol.